The first-order valence-corrected chi connectivity index (χ1v) is 6.34. The number of rotatable bonds is 2. The highest BCUT2D eigenvalue weighted by atomic mass is 32.2. The van der Waals surface area contributed by atoms with Gasteiger partial charge >= 0.3 is 0 Å². The summed E-state index contributed by atoms with van der Waals surface area (Å²) in [6.45, 7) is 3.57. The third-order valence-corrected chi connectivity index (χ3v) is 3.80. The van der Waals surface area contributed by atoms with E-state index in [9.17, 15) is 8.42 Å². The van der Waals surface area contributed by atoms with Gasteiger partial charge in [0.05, 0.1) is 6.26 Å². The van der Waals surface area contributed by atoms with Crippen molar-refractivity contribution in [1.82, 2.24) is 4.31 Å². The maximum atomic E-state index is 11.2. The van der Waals surface area contributed by atoms with Crippen LogP contribution >= 0.6 is 0 Å². The highest BCUT2D eigenvalue weighted by Gasteiger charge is 2.24. The molecular weight excluding hydrogens is 174 g/mol. The second-order valence-corrected chi connectivity index (χ2v) is 5.52. The summed E-state index contributed by atoms with van der Waals surface area (Å²) in [5.74, 6) is 0.577. The maximum absolute atomic E-state index is 11.2. The molecule has 1 fully saturated rings. The molecule has 0 aromatic heterocycles. The minimum Gasteiger partial charge on any atom is -0.213 e. The van der Waals surface area contributed by atoms with Crippen LogP contribution < -0.4 is 0 Å². The van der Waals surface area contributed by atoms with Gasteiger partial charge in [0.25, 0.3) is 0 Å². The van der Waals surface area contributed by atoms with Crippen molar-refractivity contribution >= 4 is 10.0 Å². The van der Waals surface area contributed by atoms with Gasteiger partial charge in [0.2, 0.25) is 10.0 Å². The van der Waals surface area contributed by atoms with E-state index in [1.165, 1.54) is 12.7 Å². The van der Waals surface area contributed by atoms with Crippen molar-refractivity contribution in [3.8, 4) is 0 Å². The number of piperidine rings is 1. The minimum absolute atomic E-state index is 0.577. The summed E-state index contributed by atoms with van der Waals surface area (Å²) in [5, 5.41) is 0. The normalized spacial score (nSPS) is 27.3. The molecule has 0 aromatic rings. The van der Waals surface area contributed by atoms with Gasteiger partial charge in [0.1, 0.15) is 0 Å². The lowest BCUT2D eigenvalue weighted by Crippen LogP contribution is -2.38. The Hall–Kier alpha value is -0.0900. The van der Waals surface area contributed by atoms with E-state index in [4.69, 9.17) is 0 Å². The van der Waals surface area contributed by atoms with Gasteiger partial charge in [-0.2, -0.15) is 0 Å². The Bertz CT molecular complexity index is 235. The molecule has 3 nitrogen and oxygen atoms in total. The van der Waals surface area contributed by atoms with Crippen molar-refractivity contribution in [1.29, 1.82) is 0 Å². The minimum atomic E-state index is -2.94. The maximum Gasteiger partial charge on any atom is 0.211 e. The van der Waals surface area contributed by atoms with Crippen molar-refractivity contribution < 1.29 is 8.42 Å². The molecule has 1 rings (SSSR count). The SMILES string of the molecule is CC[C@@H]1CCCN(S(C)(=O)=O)C1. The van der Waals surface area contributed by atoms with Gasteiger partial charge in [-0.05, 0) is 18.8 Å². The standard InChI is InChI=1S/C8H17NO2S/c1-3-8-5-4-6-9(7-8)12(2,10)11/h8H,3-7H2,1-2H3/t8-/m1/s1. The Morgan fingerprint density at radius 2 is 2.17 bits per heavy atom. The van der Waals surface area contributed by atoms with Crippen LogP contribution in [0.1, 0.15) is 26.2 Å². The van der Waals surface area contributed by atoms with Gasteiger partial charge in [-0.1, -0.05) is 13.3 Å². The fraction of sp³-hybridized carbons (Fsp3) is 1.00. The summed E-state index contributed by atoms with van der Waals surface area (Å²) in [6, 6.07) is 0. The van der Waals surface area contributed by atoms with Crippen LogP contribution in [-0.2, 0) is 10.0 Å². The molecule has 0 aromatic carbocycles. The highest BCUT2D eigenvalue weighted by Crippen LogP contribution is 2.20. The van der Waals surface area contributed by atoms with Crippen LogP contribution in [0.3, 0.4) is 0 Å². The molecule has 1 heterocycles. The van der Waals surface area contributed by atoms with Crippen LogP contribution in [0.5, 0.6) is 0 Å². The zero-order valence-corrected chi connectivity index (χ0v) is 8.60. The molecule has 1 saturated heterocycles. The quantitative estimate of drug-likeness (QED) is 0.654. The smallest absolute Gasteiger partial charge is 0.211 e. The van der Waals surface area contributed by atoms with Crippen LogP contribution in [0.4, 0.5) is 0 Å². The summed E-state index contributed by atoms with van der Waals surface area (Å²) in [4.78, 5) is 0. The molecule has 1 atom stereocenters. The zero-order chi connectivity index (χ0) is 9.19. The molecule has 0 radical (unpaired) electrons. The topological polar surface area (TPSA) is 37.4 Å². The van der Waals surface area contributed by atoms with Gasteiger partial charge in [-0.3, -0.25) is 0 Å². The highest BCUT2D eigenvalue weighted by molar-refractivity contribution is 7.88. The van der Waals surface area contributed by atoms with Gasteiger partial charge in [-0.25, -0.2) is 12.7 Å². The number of nitrogens with zero attached hydrogens (tertiary/aromatic N) is 1. The van der Waals surface area contributed by atoms with Crippen molar-refractivity contribution in [2.75, 3.05) is 19.3 Å². The van der Waals surface area contributed by atoms with Gasteiger partial charge in [-0.15, -0.1) is 0 Å². The fourth-order valence-corrected chi connectivity index (χ4v) is 2.60. The first-order valence-electron chi connectivity index (χ1n) is 4.49. The second-order valence-electron chi connectivity index (χ2n) is 3.54. The third-order valence-electron chi connectivity index (χ3n) is 2.53. The Morgan fingerprint density at radius 1 is 1.50 bits per heavy atom. The molecule has 1 aliphatic heterocycles. The van der Waals surface area contributed by atoms with E-state index in [0.717, 1.165) is 25.9 Å². The molecule has 0 N–H and O–H groups in total. The second kappa shape index (κ2) is 3.75. The number of hydrogen-bond acceptors (Lipinski definition) is 2. The average molecular weight is 191 g/mol. The monoisotopic (exact) mass is 191 g/mol. The van der Waals surface area contributed by atoms with Gasteiger partial charge in [0.15, 0.2) is 0 Å². The zero-order valence-electron chi connectivity index (χ0n) is 7.78. The lowest BCUT2D eigenvalue weighted by Gasteiger charge is -2.30. The van der Waals surface area contributed by atoms with E-state index >= 15 is 0 Å². The van der Waals surface area contributed by atoms with E-state index in [1.54, 1.807) is 4.31 Å². The van der Waals surface area contributed by atoms with Crippen LogP contribution in [0.15, 0.2) is 0 Å². The van der Waals surface area contributed by atoms with E-state index in [2.05, 4.69) is 6.92 Å². The van der Waals surface area contributed by atoms with Gasteiger partial charge in [0, 0.05) is 13.1 Å². The molecule has 0 aliphatic carbocycles. The Balaban J connectivity index is 2.58. The van der Waals surface area contributed by atoms with Crippen LogP contribution in [-0.4, -0.2) is 32.1 Å². The third kappa shape index (κ3) is 2.45. The molecule has 0 bridgehead atoms. The van der Waals surface area contributed by atoms with Crippen molar-refractivity contribution in [3.63, 3.8) is 0 Å². The predicted octanol–water partition coefficient (Wildman–Crippen LogP) is 1.07. The Kier molecular flexibility index (Phi) is 3.12. The predicted molar refractivity (Wildman–Crippen MR) is 49.4 cm³/mol. The first-order chi connectivity index (χ1) is 5.54. The van der Waals surface area contributed by atoms with Crippen LogP contribution in [0.2, 0.25) is 0 Å². The lowest BCUT2D eigenvalue weighted by atomic mass is 9.97. The van der Waals surface area contributed by atoms with Crippen molar-refractivity contribution in [2.24, 2.45) is 5.92 Å². The van der Waals surface area contributed by atoms with Crippen LogP contribution in [0.25, 0.3) is 0 Å². The molecule has 0 saturated carbocycles. The summed E-state index contributed by atoms with van der Waals surface area (Å²) >= 11 is 0. The number of sulfonamides is 1. The van der Waals surface area contributed by atoms with E-state index < -0.39 is 10.0 Å². The molecule has 72 valence electrons. The van der Waals surface area contributed by atoms with Gasteiger partial charge < -0.3 is 0 Å². The fourth-order valence-electron chi connectivity index (χ4n) is 1.66. The molecule has 12 heavy (non-hydrogen) atoms. The molecular formula is C8H17NO2S. The van der Waals surface area contributed by atoms with E-state index in [-0.39, 0.29) is 0 Å². The molecule has 1 aliphatic rings. The van der Waals surface area contributed by atoms with Crippen molar-refractivity contribution in [2.45, 2.75) is 26.2 Å². The Morgan fingerprint density at radius 3 is 2.67 bits per heavy atom. The Labute approximate surface area is 74.8 Å². The molecule has 4 heteroatoms. The van der Waals surface area contributed by atoms with E-state index in [1.807, 2.05) is 0 Å². The summed E-state index contributed by atoms with van der Waals surface area (Å²) in [7, 11) is -2.94. The summed E-state index contributed by atoms with van der Waals surface area (Å²) in [5.41, 5.74) is 0. The summed E-state index contributed by atoms with van der Waals surface area (Å²) < 4.78 is 23.9. The average Bonchev–Trinajstić information content (AvgIpc) is 2.03. The largest absolute Gasteiger partial charge is 0.213 e. The first kappa shape index (κ1) is 9.99. The van der Waals surface area contributed by atoms with Crippen LogP contribution in [0, 0.1) is 5.92 Å². The van der Waals surface area contributed by atoms with Crippen molar-refractivity contribution in [3.05, 3.63) is 0 Å². The molecule has 0 spiro atoms. The summed E-state index contributed by atoms with van der Waals surface area (Å²) in [6.07, 6.45) is 4.59. The molecule has 0 unspecified atom stereocenters. The lowest BCUT2D eigenvalue weighted by molar-refractivity contribution is 0.263. The van der Waals surface area contributed by atoms with E-state index in [0.29, 0.717) is 5.92 Å². The molecule has 0 amide bonds. The number of hydrogen-bond donors (Lipinski definition) is 0.